The Hall–Kier alpha value is -2.35. The topological polar surface area (TPSA) is 61.3 Å². The lowest BCUT2D eigenvalue weighted by atomic mass is 9.86. The Bertz CT molecular complexity index is 887. The van der Waals surface area contributed by atoms with Gasteiger partial charge in [0, 0.05) is 31.5 Å². The highest BCUT2D eigenvalue weighted by atomic mass is 19.3. The fourth-order valence-corrected chi connectivity index (χ4v) is 4.70. The molecule has 1 aromatic carbocycles. The first-order valence-corrected chi connectivity index (χ1v) is 11.0. The molecule has 2 heterocycles. The van der Waals surface area contributed by atoms with Crippen LogP contribution in [0.2, 0.25) is 0 Å². The number of halogens is 3. The average molecular weight is 435 g/mol. The van der Waals surface area contributed by atoms with Gasteiger partial charge in [-0.25, -0.2) is 18.7 Å². The number of aliphatic hydroxyl groups excluding tert-OH is 1. The summed E-state index contributed by atoms with van der Waals surface area (Å²) in [5, 5.41) is 13.2. The summed E-state index contributed by atoms with van der Waals surface area (Å²) in [6.45, 7) is 1.97. The summed E-state index contributed by atoms with van der Waals surface area (Å²) in [5.41, 5.74) is 0.828. The fraction of sp³-hybridized carbons (Fsp3) is 0.565. The molecule has 8 heteroatoms. The quantitative estimate of drug-likeness (QED) is 0.668. The Morgan fingerprint density at radius 2 is 1.84 bits per heavy atom. The Balaban J connectivity index is 1.51. The van der Waals surface area contributed by atoms with Gasteiger partial charge in [-0.15, -0.1) is 0 Å². The molecule has 1 saturated carbocycles. The van der Waals surface area contributed by atoms with E-state index in [1.54, 1.807) is 12.1 Å². The summed E-state index contributed by atoms with van der Waals surface area (Å²) in [7, 11) is 0. The predicted octanol–water partition coefficient (Wildman–Crippen LogP) is 5.03. The highest BCUT2D eigenvalue weighted by Gasteiger charge is 2.31. The zero-order valence-electron chi connectivity index (χ0n) is 17.7. The SMILES string of the molecule is CC(F)(F)c1ccc(C2CCCN2c2ncnc(NCC3CCCCC3O)c2F)cc1. The van der Waals surface area contributed by atoms with E-state index in [0.29, 0.717) is 13.1 Å². The zero-order chi connectivity index (χ0) is 22.0. The molecule has 3 unspecified atom stereocenters. The second-order valence-electron chi connectivity index (χ2n) is 8.71. The summed E-state index contributed by atoms with van der Waals surface area (Å²) in [5.74, 6) is -2.97. The standard InChI is InChI=1S/C23H29F3N4O/c1-23(25,26)17-10-8-15(9-11-17)18-6-4-12-30(18)22-20(24)21(28-14-29-22)27-13-16-5-2-3-7-19(16)31/h8-11,14,16,18-19,31H,2-7,12-13H2,1H3,(H,27,28,29). The number of hydrogen-bond acceptors (Lipinski definition) is 5. The van der Waals surface area contributed by atoms with Crippen LogP contribution in [0.25, 0.3) is 0 Å². The molecule has 0 radical (unpaired) electrons. The fourth-order valence-electron chi connectivity index (χ4n) is 4.70. The van der Waals surface area contributed by atoms with Gasteiger partial charge in [0.05, 0.1) is 12.1 Å². The van der Waals surface area contributed by atoms with Crippen molar-refractivity contribution in [2.24, 2.45) is 5.92 Å². The molecule has 0 amide bonds. The smallest absolute Gasteiger partial charge is 0.270 e. The van der Waals surface area contributed by atoms with Gasteiger partial charge in [-0.05, 0) is 31.2 Å². The molecule has 2 N–H and O–H groups in total. The average Bonchev–Trinajstić information content (AvgIpc) is 3.23. The van der Waals surface area contributed by atoms with Gasteiger partial charge in [0.2, 0.25) is 5.82 Å². The molecule has 1 aliphatic carbocycles. The lowest BCUT2D eigenvalue weighted by Crippen LogP contribution is -2.31. The van der Waals surface area contributed by atoms with Crippen molar-refractivity contribution >= 4 is 11.6 Å². The Morgan fingerprint density at radius 3 is 2.55 bits per heavy atom. The summed E-state index contributed by atoms with van der Waals surface area (Å²) < 4.78 is 42.4. The lowest BCUT2D eigenvalue weighted by Gasteiger charge is -2.29. The van der Waals surface area contributed by atoms with E-state index >= 15 is 4.39 Å². The molecule has 1 aliphatic heterocycles. The van der Waals surface area contributed by atoms with Crippen LogP contribution in [0.1, 0.15) is 62.6 Å². The van der Waals surface area contributed by atoms with E-state index < -0.39 is 11.7 Å². The van der Waals surface area contributed by atoms with E-state index in [-0.39, 0.29) is 35.3 Å². The van der Waals surface area contributed by atoms with Crippen LogP contribution < -0.4 is 10.2 Å². The first-order valence-electron chi connectivity index (χ1n) is 11.0. The van der Waals surface area contributed by atoms with E-state index in [9.17, 15) is 13.9 Å². The maximum absolute atomic E-state index is 15.3. The van der Waals surface area contributed by atoms with E-state index in [4.69, 9.17) is 0 Å². The van der Waals surface area contributed by atoms with Crippen LogP contribution in [-0.2, 0) is 5.92 Å². The van der Waals surface area contributed by atoms with Crippen molar-refractivity contribution < 1.29 is 18.3 Å². The normalized spacial score (nSPS) is 24.4. The first-order chi connectivity index (χ1) is 14.8. The van der Waals surface area contributed by atoms with Gasteiger partial charge in [-0.3, -0.25) is 0 Å². The van der Waals surface area contributed by atoms with Crippen LogP contribution in [0.4, 0.5) is 24.8 Å². The molecule has 4 rings (SSSR count). The van der Waals surface area contributed by atoms with Crippen LogP contribution in [-0.4, -0.2) is 34.3 Å². The van der Waals surface area contributed by atoms with Gasteiger partial charge >= 0.3 is 0 Å². The molecule has 31 heavy (non-hydrogen) atoms. The molecule has 1 aromatic heterocycles. The maximum atomic E-state index is 15.3. The Labute approximate surface area is 180 Å². The zero-order valence-corrected chi connectivity index (χ0v) is 17.7. The summed E-state index contributed by atoms with van der Waals surface area (Å²) in [4.78, 5) is 10.1. The Morgan fingerprint density at radius 1 is 1.10 bits per heavy atom. The Kier molecular flexibility index (Phi) is 6.36. The van der Waals surface area contributed by atoms with Crippen LogP contribution in [0.3, 0.4) is 0 Å². The van der Waals surface area contributed by atoms with E-state index in [0.717, 1.165) is 51.0 Å². The first kappa shape index (κ1) is 21.9. The molecule has 0 bridgehead atoms. The highest BCUT2D eigenvalue weighted by Crippen LogP contribution is 2.38. The number of aliphatic hydroxyl groups is 1. The van der Waals surface area contributed by atoms with E-state index in [2.05, 4.69) is 15.3 Å². The van der Waals surface area contributed by atoms with Gasteiger partial charge in [-0.1, -0.05) is 37.1 Å². The van der Waals surface area contributed by atoms with Crippen molar-refractivity contribution in [2.75, 3.05) is 23.3 Å². The third kappa shape index (κ3) is 4.79. The van der Waals surface area contributed by atoms with Crippen molar-refractivity contribution in [3.05, 3.63) is 47.5 Å². The second-order valence-corrected chi connectivity index (χ2v) is 8.71. The number of alkyl halides is 2. The highest BCUT2D eigenvalue weighted by molar-refractivity contribution is 5.53. The van der Waals surface area contributed by atoms with Gasteiger partial charge in [0.25, 0.3) is 5.92 Å². The molecular weight excluding hydrogens is 405 g/mol. The largest absolute Gasteiger partial charge is 0.393 e. The molecule has 168 valence electrons. The molecule has 2 fully saturated rings. The predicted molar refractivity (Wildman–Crippen MR) is 114 cm³/mol. The number of anilines is 2. The molecular formula is C23H29F3N4O. The molecule has 2 aromatic rings. The minimum atomic E-state index is -2.89. The van der Waals surface area contributed by atoms with Gasteiger partial charge in [0.15, 0.2) is 11.6 Å². The summed E-state index contributed by atoms with van der Waals surface area (Å²) >= 11 is 0. The van der Waals surface area contributed by atoms with Crippen LogP contribution in [0.15, 0.2) is 30.6 Å². The molecule has 3 atom stereocenters. The van der Waals surface area contributed by atoms with E-state index in [1.165, 1.54) is 18.5 Å². The molecule has 0 spiro atoms. The van der Waals surface area contributed by atoms with Crippen molar-refractivity contribution in [3.8, 4) is 0 Å². The van der Waals surface area contributed by atoms with Crippen molar-refractivity contribution in [1.29, 1.82) is 0 Å². The van der Waals surface area contributed by atoms with Crippen molar-refractivity contribution in [3.63, 3.8) is 0 Å². The number of aromatic nitrogens is 2. The van der Waals surface area contributed by atoms with Crippen LogP contribution in [0, 0.1) is 11.7 Å². The molecule has 2 aliphatic rings. The number of hydrogen-bond donors (Lipinski definition) is 2. The molecule has 5 nitrogen and oxygen atoms in total. The maximum Gasteiger partial charge on any atom is 0.270 e. The number of nitrogens with one attached hydrogen (secondary N) is 1. The monoisotopic (exact) mass is 434 g/mol. The third-order valence-corrected chi connectivity index (χ3v) is 6.50. The molecule has 1 saturated heterocycles. The minimum Gasteiger partial charge on any atom is -0.393 e. The second kappa shape index (κ2) is 9.02. The van der Waals surface area contributed by atoms with Crippen LogP contribution >= 0.6 is 0 Å². The van der Waals surface area contributed by atoms with E-state index in [1.807, 2.05) is 4.90 Å². The third-order valence-electron chi connectivity index (χ3n) is 6.50. The summed E-state index contributed by atoms with van der Waals surface area (Å²) in [6, 6.07) is 6.13. The van der Waals surface area contributed by atoms with Gasteiger partial charge in [-0.2, -0.15) is 4.39 Å². The number of rotatable bonds is 6. The minimum absolute atomic E-state index is 0.0367. The summed E-state index contributed by atoms with van der Waals surface area (Å²) in [6.07, 6.45) is 6.41. The van der Waals surface area contributed by atoms with Crippen molar-refractivity contribution in [2.45, 2.75) is 63.5 Å². The van der Waals surface area contributed by atoms with Crippen LogP contribution in [0.5, 0.6) is 0 Å². The van der Waals surface area contributed by atoms with Gasteiger partial charge < -0.3 is 15.3 Å². The van der Waals surface area contributed by atoms with Crippen molar-refractivity contribution in [1.82, 2.24) is 9.97 Å². The van der Waals surface area contributed by atoms with Gasteiger partial charge in [0.1, 0.15) is 6.33 Å². The number of nitrogens with zero attached hydrogens (tertiary/aromatic N) is 3. The lowest BCUT2D eigenvalue weighted by molar-refractivity contribution is 0.0174. The number of benzene rings is 1.